The zero-order valence-corrected chi connectivity index (χ0v) is 17.0. The van der Waals surface area contributed by atoms with Crippen molar-refractivity contribution in [3.8, 4) is 6.07 Å². The van der Waals surface area contributed by atoms with E-state index in [1.165, 1.54) is 18.4 Å². The fraction of sp³-hybridized carbons (Fsp3) is 0.136. The lowest BCUT2D eigenvalue weighted by molar-refractivity contribution is -0.134. The summed E-state index contributed by atoms with van der Waals surface area (Å²) in [5, 5.41) is 10.6. The zero-order chi connectivity index (χ0) is 20.3. The van der Waals surface area contributed by atoms with Gasteiger partial charge in [0.15, 0.2) is 5.76 Å². The molecule has 140 valence electrons. The van der Waals surface area contributed by atoms with Gasteiger partial charge in [0.1, 0.15) is 0 Å². The number of carbonyl (C=O) groups is 2. The lowest BCUT2D eigenvalue weighted by atomic mass is 10.0. The molecule has 0 fully saturated rings. The van der Waals surface area contributed by atoms with Crippen LogP contribution in [-0.4, -0.2) is 16.4 Å². The van der Waals surface area contributed by atoms with Crippen LogP contribution in [0.1, 0.15) is 29.8 Å². The number of halogens is 1. The highest BCUT2D eigenvalue weighted by molar-refractivity contribution is 9.10. The Bertz CT molecular complexity index is 1150. The van der Waals surface area contributed by atoms with Crippen LogP contribution in [0.4, 0.5) is 0 Å². The number of rotatable bonds is 4. The van der Waals surface area contributed by atoms with Gasteiger partial charge in [-0.2, -0.15) is 5.26 Å². The normalized spacial score (nSPS) is 11.6. The molecule has 1 aromatic heterocycles. The summed E-state index contributed by atoms with van der Waals surface area (Å²) in [4.78, 5) is 23.9. The van der Waals surface area contributed by atoms with Crippen LogP contribution in [0.3, 0.4) is 0 Å². The van der Waals surface area contributed by atoms with Gasteiger partial charge in [-0.05, 0) is 17.7 Å². The van der Waals surface area contributed by atoms with Gasteiger partial charge in [0.25, 0.3) is 0 Å². The number of nitriles is 1. The first-order chi connectivity index (χ1) is 13.4. The van der Waals surface area contributed by atoms with E-state index in [-0.39, 0.29) is 18.1 Å². The molecule has 3 aromatic rings. The molecular formula is C22H17BrN2O3. The Morgan fingerprint density at radius 2 is 1.79 bits per heavy atom. The molecule has 0 aliphatic rings. The standard InChI is InChI=1S/C22H17BrN2O3/c1-14(26)25-13-19(18-8-4-6-10-21(18)25)22(28-15(2)27)17(12-24)11-16-7-3-5-9-20(16)23/h3-10,13H,11H2,1-2H3/b22-17+. The second-order valence-corrected chi connectivity index (χ2v) is 7.08. The number of benzene rings is 2. The summed E-state index contributed by atoms with van der Waals surface area (Å²) >= 11 is 3.48. The van der Waals surface area contributed by atoms with E-state index >= 15 is 0 Å². The summed E-state index contributed by atoms with van der Waals surface area (Å²) in [7, 11) is 0. The molecule has 0 radical (unpaired) electrons. The Labute approximate surface area is 171 Å². The van der Waals surface area contributed by atoms with Crippen LogP contribution >= 0.6 is 15.9 Å². The summed E-state index contributed by atoms with van der Waals surface area (Å²) in [6.45, 7) is 2.75. The maximum absolute atomic E-state index is 12.1. The van der Waals surface area contributed by atoms with Crippen molar-refractivity contribution in [2.24, 2.45) is 0 Å². The number of ether oxygens (including phenoxy) is 1. The summed E-state index contributed by atoms with van der Waals surface area (Å²) in [6, 6.07) is 17.0. The number of hydrogen-bond acceptors (Lipinski definition) is 4. The zero-order valence-electron chi connectivity index (χ0n) is 15.4. The first-order valence-electron chi connectivity index (χ1n) is 8.58. The Balaban J connectivity index is 2.25. The molecule has 1 heterocycles. The van der Waals surface area contributed by atoms with E-state index < -0.39 is 5.97 Å². The second kappa shape index (κ2) is 8.24. The number of hydrogen-bond donors (Lipinski definition) is 0. The Morgan fingerprint density at radius 3 is 2.43 bits per heavy atom. The minimum atomic E-state index is -0.533. The van der Waals surface area contributed by atoms with Crippen LogP contribution in [0, 0.1) is 11.3 Å². The van der Waals surface area contributed by atoms with Crippen LogP contribution in [-0.2, 0) is 16.0 Å². The monoisotopic (exact) mass is 436 g/mol. The highest BCUT2D eigenvalue weighted by atomic mass is 79.9. The molecule has 3 rings (SSSR count). The van der Waals surface area contributed by atoms with Crippen LogP contribution in [0.15, 0.2) is 64.8 Å². The molecule has 6 heteroatoms. The lowest BCUT2D eigenvalue weighted by Crippen LogP contribution is -2.05. The van der Waals surface area contributed by atoms with Crippen LogP contribution < -0.4 is 0 Å². The highest BCUT2D eigenvalue weighted by Crippen LogP contribution is 2.32. The van der Waals surface area contributed by atoms with E-state index in [9.17, 15) is 14.9 Å². The fourth-order valence-electron chi connectivity index (χ4n) is 3.05. The SMILES string of the molecule is CC(=O)O/C(=C(/C#N)Cc1ccccc1Br)c1cn(C(C)=O)c2ccccc12. The predicted molar refractivity (Wildman–Crippen MR) is 110 cm³/mol. The van der Waals surface area contributed by atoms with Crippen molar-refractivity contribution in [3.63, 3.8) is 0 Å². The number of carbonyl (C=O) groups excluding carboxylic acids is 2. The number of fused-ring (bicyclic) bond motifs is 1. The number of aromatic nitrogens is 1. The molecule has 0 atom stereocenters. The van der Waals surface area contributed by atoms with Gasteiger partial charge >= 0.3 is 5.97 Å². The maximum Gasteiger partial charge on any atom is 0.308 e. The number of nitrogens with zero attached hydrogens (tertiary/aromatic N) is 2. The summed E-state index contributed by atoms with van der Waals surface area (Å²) in [5.41, 5.74) is 2.41. The first kappa shape index (κ1) is 19.6. The summed E-state index contributed by atoms with van der Waals surface area (Å²) in [5.74, 6) is -0.537. The lowest BCUT2D eigenvalue weighted by Gasteiger charge is -2.11. The van der Waals surface area contributed by atoms with Gasteiger partial charge in [-0.3, -0.25) is 14.2 Å². The first-order valence-corrected chi connectivity index (χ1v) is 9.38. The minimum absolute atomic E-state index is 0.168. The third-order valence-corrected chi connectivity index (χ3v) is 5.05. The molecule has 0 aliphatic heterocycles. The van der Waals surface area contributed by atoms with Gasteiger partial charge in [0.2, 0.25) is 5.91 Å². The summed E-state index contributed by atoms with van der Waals surface area (Å²) < 4.78 is 7.83. The molecule has 0 spiro atoms. The van der Waals surface area contributed by atoms with Crippen molar-refractivity contribution in [1.29, 1.82) is 5.26 Å². The van der Waals surface area contributed by atoms with Gasteiger partial charge in [0, 0.05) is 41.9 Å². The Morgan fingerprint density at radius 1 is 1.11 bits per heavy atom. The van der Waals surface area contributed by atoms with Gasteiger partial charge in [-0.15, -0.1) is 0 Å². The average Bonchev–Trinajstić information content (AvgIpc) is 3.05. The summed E-state index contributed by atoms with van der Waals surface area (Å²) in [6.07, 6.45) is 1.89. The van der Waals surface area contributed by atoms with Gasteiger partial charge in [-0.25, -0.2) is 0 Å². The van der Waals surface area contributed by atoms with Crippen molar-refractivity contribution >= 4 is 44.5 Å². The van der Waals surface area contributed by atoms with E-state index in [1.807, 2.05) is 48.5 Å². The van der Waals surface area contributed by atoms with Crippen molar-refractivity contribution in [3.05, 3.63) is 75.9 Å². The number of esters is 1. The minimum Gasteiger partial charge on any atom is -0.425 e. The number of allylic oxidation sites excluding steroid dienone is 1. The quantitative estimate of drug-likeness (QED) is 0.323. The molecule has 0 saturated carbocycles. The third kappa shape index (κ3) is 3.90. The van der Waals surface area contributed by atoms with Crippen molar-refractivity contribution in [2.45, 2.75) is 20.3 Å². The topological polar surface area (TPSA) is 72.1 Å². The number of para-hydroxylation sites is 1. The molecule has 5 nitrogen and oxygen atoms in total. The van der Waals surface area contributed by atoms with E-state index in [0.29, 0.717) is 16.7 Å². The van der Waals surface area contributed by atoms with Crippen molar-refractivity contribution in [1.82, 2.24) is 4.57 Å². The molecule has 2 aromatic carbocycles. The fourth-order valence-corrected chi connectivity index (χ4v) is 3.47. The van der Waals surface area contributed by atoms with E-state index in [2.05, 4.69) is 22.0 Å². The third-order valence-electron chi connectivity index (χ3n) is 4.28. The molecule has 0 amide bonds. The largest absolute Gasteiger partial charge is 0.425 e. The van der Waals surface area contributed by atoms with Crippen LogP contribution in [0.5, 0.6) is 0 Å². The molecule has 0 saturated heterocycles. The van der Waals surface area contributed by atoms with E-state index in [4.69, 9.17) is 4.74 Å². The molecule has 0 bridgehead atoms. The smallest absolute Gasteiger partial charge is 0.308 e. The van der Waals surface area contributed by atoms with Gasteiger partial charge in [-0.1, -0.05) is 52.3 Å². The predicted octanol–water partition coefficient (Wildman–Crippen LogP) is 5.10. The molecule has 0 unspecified atom stereocenters. The average molecular weight is 437 g/mol. The Hall–Kier alpha value is -3.17. The van der Waals surface area contributed by atoms with E-state index in [1.54, 1.807) is 6.20 Å². The van der Waals surface area contributed by atoms with Gasteiger partial charge < -0.3 is 4.74 Å². The van der Waals surface area contributed by atoms with Crippen LogP contribution in [0.25, 0.3) is 16.7 Å². The maximum atomic E-state index is 12.1. The molecule has 0 N–H and O–H groups in total. The van der Waals surface area contributed by atoms with Crippen LogP contribution in [0.2, 0.25) is 0 Å². The van der Waals surface area contributed by atoms with E-state index in [0.717, 1.165) is 15.4 Å². The molecular weight excluding hydrogens is 420 g/mol. The van der Waals surface area contributed by atoms with Gasteiger partial charge in [0.05, 0.1) is 17.2 Å². The Kier molecular flexibility index (Phi) is 5.76. The molecule has 0 aliphatic carbocycles. The highest BCUT2D eigenvalue weighted by Gasteiger charge is 2.21. The van der Waals surface area contributed by atoms with Crippen molar-refractivity contribution in [2.75, 3.05) is 0 Å². The second-order valence-electron chi connectivity index (χ2n) is 6.23. The van der Waals surface area contributed by atoms with Crippen molar-refractivity contribution < 1.29 is 14.3 Å². The molecule has 28 heavy (non-hydrogen) atoms.